The van der Waals surface area contributed by atoms with Gasteiger partial charge < -0.3 is 0 Å². The number of hydrogen-bond donors (Lipinski definition) is 0. The molecule has 0 aromatic heterocycles. The fourth-order valence-corrected chi connectivity index (χ4v) is 8.91. The van der Waals surface area contributed by atoms with Crippen molar-refractivity contribution in [1.29, 1.82) is 5.26 Å². The van der Waals surface area contributed by atoms with Crippen LogP contribution in [0.3, 0.4) is 0 Å². The molecule has 2 rings (SSSR count). The minimum absolute atomic E-state index is 0.161. The van der Waals surface area contributed by atoms with Crippen molar-refractivity contribution in [1.82, 2.24) is 0 Å². The van der Waals surface area contributed by atoms with Crippen LogP contribution < -0.4 is 0 Å². The van der Waals surface area contributed by atoms with E-state index in [1.807, 2.05) is 18.2 Å². The van der Waals surface area contributed by atoms with Crippen molar-refractivity contribution in [2.24, 2.45) is 0 Å². The van der Waals surface area contributed by atoms with Crippen LogP contribution in [-0.2, 0) is 3.07 Å². The predicted molar refractivity (Wildman–Crippen MR) is 55.9 cm³/mol. The second-order valence-electron chi connectivity index (χ2n) is 2.23. The van der Waals surface area contributed by atoms with Gasteiger partial charge in [-0.3, -0.25) is 0 Å². The Morgan fingerprint density at radius 1 is 1.46 bits per heavy atom. The van der Waals surface area contributed by atoms with E-state index in [2.05, 4.69) is 4.97 Å². The van der Waals surface area contributed by atoms with E-state index in [4.69, 9.17) is 8.33 Å². The van der Waals surface area contributed by atoms with E-state index in [9.17, 15) is 4.79 Å². The summed E-state index contributed by atoms with van der Waals surface area (Å²) in [6.07, 6.45) is 0. The first-order valence-electron chi connectivity index (χ1n) is 3.41. The van der Waals surface area contributed by atoms with E-state index in [1.54, 1.807) is 6.07 Å². The molecule has 1 aromatic carbocycles. The van der Waals surface area contributed by atoms with E-state index in [0.29, 0.717) is 5.56 Å². The molecule has 0 spiro atoms. The Hall–Kier alpha value is -0.571. The average molecular weight is 352 g/mol. The Bertz CT molecular complexity index is 401. The zero-order valence-corrected chi connectivity index (χ0v) is 10.2. The monoisotopic (exact) mass is 353 g/mol. The third-order valence-corrected chi connectivity index (χ3v) is 11.0. The maximum absolute atomic E-state index is 11.3. The summed E-state index contributed by atoms with van der Waals surface area (Å²) in [6, 6.07) is 7.38. The van der Waals surface area contributed by atoms with Gasteiger partial charge in [0.2, 0.25) is 0 Å². The van der Waals surface area contributed by atoms with Gasteiger partial charge in [0.1, 0.15) is 0 Å². The minimum atomic E-state index is -1.86. The maximum atomic E-state index is 11.3. The zero-order chi connectivity index (χ0) is 9.26. The van der Waals surface area contributed by atoms with Gasteiger partial charge in [0.15, 0.2) is 0 Å². The van der Waals surface area contributed by atoms with E-state index in [0.717, 1.165) is 3.57 Å². The Balaban J connectivity index is 2.42. The number of benzene rings is 1. The molecule has 0 fully saturated rings. The van der Waals surface area contributed by atoms with Crippen molar-refractivity contribution >= 4 is 35.7 Å². The summed E-state index contributed by atoms with van der Waals surface area (Å²) in [4.78, 5) is 13.4. The van der Waals surface area contributed by atoms with Crippen molar-refractivity contribution in [3.05, 3.63) is 33.4 Å². The summed E-state index contributed by atoms with van der Waals surface area (Å²) >= 11 is -2.02. The van der Waals surface area contributed by atoms with Crippen molar-refractivity contribution in [3.8, 4) is 4.97 Å². The van der Waals surface area contributed by atoms with Gasteiger partial charge in [-0.05, 0) is 0 Å². The van der Waals surface area contributed by atoms with Crippen molar-refractivity contribution in [2.45, 2.75) is 0 Å². The van der Waals surface area contributed by atoms with Crippen LogP contribution in [0.2, 0.25) is 0 Å². The molecule has 0 radical (unpaired) electrons. The molecule has 0 saturated carbocycles. The number of carbonyl (C=O) groups excluding carboxylic acids is 1. The summed E-state index contributed by atoms with van der Waals surface area (Å²) in [5, 5.41) is 8.56. The van der Waals surface area contributed by atoms with Gasteiger partial charge in [-0.15, -0.1) is 0 Å². The van der Waals surface area contributed by atoms with E-state index < -0.39 is 18.0 Å². The van der Waals surface area contributed by atoms with Crippen molar-refractivity contribution < 1.29 is 7.86 Å². The van der Waals surface area contributed by atoms with Crippen LogP contribution in [0.4, 0.5) is 0 Å². The van der Waals surface area contributed by atoms with Crippen LogP contribution in [0.1, 0.15) is 10.4 Å². The molecule has 0 bridgehead atoms. The van der Waals surface area contributed by atoms with Crippen LogP contribution in [-0.4, -0.2) is 17.7 Å². The standard InChI is InChI=1S/C8H4INO2Se/c10-5-13-9-7-4-2-1-3-6(7)8(11)12-9/h1-4H. The van der Waals surface area contributed by atoms with Crippen molar-refractivity contribution in [3.63, 3.8) is 0 Å². The molecule has 66 valence electrons. The molecule has 1 heterocycles. The second kappa shape index (κ2) is 3.66. The van der Waals surface area contributed by atoms with Gasteiger partial charge in [0.25, 0.3) is 0 Å². The Morgan fingerprint density at radius 3 is 3.00 bits per heavy atom. The van der Waals surface area contributed by atoms with Gasteiger partial charge >= 0.3 is 87.2 Å². The molecular weight excluding hydrogens is 348 g/mol. The number of fused-ring (bicyclic) bond motifs is 1. The number of hydrogen-bond acceptors (Lipinski definition) is 3. The molecule has 0 aliphatic carbocycles. The molecule has 0 unspecified atom stereocenters. The van der Waals surface area contributed by atoms with E-state index in [-0.39, 0.29) is 17.7 Å². The van der Waals surface area contributed by atoms with Gasteiger partial charge in [0.05, 0.1) is 0 Å². The van der Waals surface area contributed by atoms with Crippen LogP contribution in [0.5, 0.6) is 0 Å². The van der Waals surface area contributed by atoms with Gasteiger partial charge in [-0.25, -0.2) is 0 Å². The predicted octanol–water partition coefficient (Wildman–Crippen LogP) is 1.55. The number of halogens is 1. The molecule has 5 heteroatoms. The Labute approximate surface area is 86.8 Å². The summed E-state index contributed by atoms with van der Waals surface area (Å²) < 4.78 is 6.21. The first kappa shape index (κ1) is 9.00. The number of rotatable bonds is 1. The first-order chi connectivity index (χ1) is 6.33. The molecule has 3 nitrogen and oxygen atoms in total. The number of nitrogens with zero attached hydrogens (tertiary/aromatic N) is 1. The van der Waals surface area contributed by atoms with Crippen LogP contribution >= 0.6 is 18.0 Å². The number of carbonyl (C=O) groups is 1. The molecule has 0 saturated heterocycles. The topological polar surface area (TPSA) is 50.1 Å². The molecule has 0 N–H and O–H groups in total. The molecule has 0 atom stereocenters. The fraction of sp³-hybridized carbons (Fsp3) is 0. The molecule has 0 amide bonds. The normalized spacial score (nSPS) is 16.2. The second-order valence-corrected chi connectivity index (χ2v) is 12.0. The summed E-state index contributed by atoms with van der Waals surface area (Å²) in [5.74, 6) is -0.238. The van der Waals surface area contributed by atoms with Crippen LogP contribution in [0.15, 0.2) is 24.3 Å². The summed E-state index contributed by atoms with van der Waals surface area (Å²) in [6.45, 7) is 0. The van der Waals surface area contributed by atoms with Crippen LogP contribution in [0, 0.1) is 13.8 Å². The SMILES string of the molecule is N#C[Se]I1OC(=O)c2ccccc21. The number of nitriles is 1. The fourth-order valence-electron chi connectivity index (χ4n) is 0.997. The zero-order valence-electron chi connectivity index (χ0n) is 6.36. The third kappa shape index (κ3) is 1.57. The molecule has 1 aliphatic rings. The average Bonchev–Trinajstić information content (AvgIpc) is 2.46. The third-order valence-electron chi connectivity index (χ3n) is 1.50. The van der Waals surface area contributed by atoms with E-state index >= 15 is 0 Å². The quantitative estimate of drug-likeness (QED) is 0.569. The van der Waals surface area contributed by atoms with Gasteiger partial charge in [-0.1, -0.05) is 0 Å². The van der Waals surface area contributed by atoms with Crippen LogP contribution in [0.25, 0.3) is 0 Å². The Morgan fingerprint density at radius 2 is 2.23 bits per heavy atom. The van der Waals surface area contributed by atoms with Gasteiger partial charge in [0, 0.05) is 0 Å². The molecular formula is C8H4INO2Se. The summed E-state index contributed by atoms with van der Waals surface area (Å²) in [7, 11) is 0. The first-order valence-corrected chi connectivity index (χ1v) is 11.5. The van der Waals surface area contributed by atoms with Gasteiger partial charge in [-0.2, -0.15) is 0 Å². The Kier molecular flexibility index (Phi) is 2.53. The molecule has 13 heavy (non-hydrogen) atoms. The molecule has 1 aromatic rings. The molecule has 1 aliphatic heterocycles. The summed E-state index contributed by atoms with van der Waals surface area (Å²) in [5.41, 5.74) is 0.671. The van der Waals surface area contributed by atoms with Crippen molar-refractivity contribution in [2.75, 3.05) is 0 Å². The van der Waals surface area contributed by atoms with E-state index in [1.165, 1.54) is 0 Å².